The van der Waals surface area contributed by atoms with Crippen LogP contribution in [0.4, 0.5) is 0 Å². The van der Waals surface area contributed by atoms with Gasteiger partial charge in [-0.15, -0.1) is 0 Å². The van der Waals surface area contributed by atoms with Crippen LogP contribution in [-0.4, -0.2) is 48.3 Å². The van der Waals surface area contributed by atoms with Crippen LogP contribution >= 0.6 is 0 Å². The number of benzene rings is 2. The lowest BCUT2D eigenvalue weighted by molar-refractivity contribution is -0.144. The van der Waals surface area contributed by atoms with E-state index < -0.39 is 0 Å². The van der Waals surface area contributed by atoms with Crippen LogP contribution in [-0.2, 0) is 16.0 Å². The molecule has 1 atom stereocenters. The highest BCUT2D eigenvalue weighted by Crippen LogP contribution is 2.39. The monoisotopic (exact) mass is 336 g/mol. The molecule has 0 N–H and O–H groups in total. The number of piperidine rings is 1. The van der Waals surface area contributed by atoms with Gasteiger partial charge in [0.2, 0.25) is 11.8 Å². The summed E-state index contributed by atoms with van der Waals surface area (Å²) in [4.78, 5) is 29.2. The molecule has 0 unspecified atom stereocenters. The maximum absolute atomic E-state index is 12.9. The molecular formula is C21H24N2O2. The highest BCUT2D eigenvalue weighted by atomic mass is 16.2. The van der Waals surface area contributed by atoms with Crippen LogP contribution in [0.5, 0.6) is 0 Å². The highest BCUT2D eigenvalue weighted by molar-refractivity contribution is 5.91. The maximum atomic E-state index is 12.9. The Morgan fingerprint density at radius 1 is 1.08 bits per heavy atom. The van der Waals surface area contributed by atoms with Gasteiger partial charge >= 0.3 is 0 Å². The second-order valence-corrected chi connectivity index (χ2v) is 7.49. The molecule has 25 heavy (non-hydrogen) atoms. The smallest absolute Gasteiger partial charge is 0.230 e. The molecule has 2 aliphatic heterocycles. The predicted molar refractivity (Wildman–Crippen MR) is 98.2 cm³/mol. The summed E-state index contributed by atoms with van der Waals surface area (Å²) in [6.07, 6.45) is 3.15. The van der Waals surface area contributed by atoms with Crippen LogP contribution in [0.25, 0.3) is 10.8 Å². The van der Waals surface area contributed by atoms with E-state index in [0.29, 0.717) is 19.5 Å². The molecule has 0 saturated carbocycles. The van der Waals surface area contributed by atoms with E-state index in [1.54, 1.807) is 0 Å². The summed E-state index contributed by atoms with van der Waals surface area (Å²) in [6.45, 7) is 2.12. The summed E-state index contributed by atoms with van der Waals surface area (Å²) in [5.41, 5.74) is 0.734. The molecule has 2 amide bonds. The van der Waals surface area contributed by atoms with E-state index in [-0.39, 0.29) is 17.2 Å². The topological polar surface area (TPSA) is 40.6 Å². The number of fused-ring (bicyclic) bond motifs is 1. The minimum Gasteiger partial charge on any atom is -0.345 e. The van der Waals surface area contributed by atoms with Gasteiger partial charge in [0, 0.05) is 26.7 Å². The van der Waals surface area contributed by atoms with Gasteiger partial charge in [-0.25, -0.2) is 0 Å². The molecule has 2 aliphatic rings. The third kappa shape index (κ3) is 2.80. The number of hydrogen-bond donors (Lipinski definition) is 0. The second kappa shape index (κ2) is 6.17. The fraction of sp³-hybridized carbons (Fsp3) is 0.429. The average molecular weight is 336 g/mol. The molecule has 2 heterocycles. The van der Waals surface area contributed by atoms with Crippen molar-refractivity contribution >= 4 is 22.6 Å². The van der Waals surface area contributed by atoms with Gasteiger partial charge < -0.3 is 9.80 Å². The largest absolute Gasteiger partial charge is 0.345 e. The number of amides is 2. The van der Waals surface area contributed by atoms with Gasteiger partial charge in [0.05, 0.1) is 11.8 Å². The van der Waals surface area contributed by atoms with E-state index in [1.807, 2.05) is 41.1 Å². The molecule has 1 spiro atoms. The van der Waals surface area contributed by atoms with E-state index in [0.717, 1.165) is 42.1 Å². The Labute approximate surface area is 148 Å². The molecule has 2 aromatic carbocycles. The van der Waals surface area contributed by atoms with Gasteiger partial charge in [-0.05, 0) is 35.6 Å². The van der Waals surface area contributed by atoms with Gasteiger partial charge in [0.15, 0.2) is 0 Å². The zero-order valence-electron chi connectivity index (χ0n) is 14.7. The van der Waals surface area contributed by atoms with E-state index in [4.69, 9.17) is 0 Å². The quantitative estimate of drug-likeness (QED) is 0.846. The summed E-state index contributed by atoms with van der Waals surface area (Å²) in [5.74, 6) is 0.355. The van der Waals surface area contributed by atoms with Crippen molar-refractivity contribution in [2.45, 2.75) is 25.7 Å². The maximum Gasteiger partial charge on any atom is 0.230 e. The van der Waals surface area contributed by atoms with Crippen LogP contribution in [0.3, 0.4) is 0 Å². The minimum atomic E-state index is -0.332. The standard InChI is InChI=1S/C21H24N2O2/c1-22-12-5-10-21(20(22)25)11-13-23(15-21)19(24)14-17-8-4-7-16-6-2-3-9-18(16)17/h2-4,6-9H,5,10-15H2,1H3/t21-/m0/s1. The van der Waals surface area contributed by atoms with Crippen molar-refractivity contribution in [3.63, 3.8) is 0 Å². The van der Waals surface area contributed by atoms with E-state index in [2.05, 4.69) is 18.2 Å². The van der Waals surface area contributed by atoms with Gasteiger partial charge in [-0.3, -0.25) is 9.59 Å². The molecule has 2 fully saturated rings. The van der Waals surface area contributed by atoms with Crippen molar-refractivity contribution in [2.24, 2.45) is 5.41 Å². The number of nitrogens with zero attached hydrogens (tertiary/aromatic N) is 2. The summed E-state index contributed by atoms with van der Waals surface area (Å²) in [5, 5.41) is 2.30. The molecule has 4 nitrogen and oxygen atoms in total. The van der Waals surface area contributed by atoms with Crippen LogP contribution in [0, 0.1) is 5.41 Å². The van der Waals surface area contributed by atoms with Crippen LogP contribution in [0.1, 0.15) is 24.8 Å². The first-order valence-corrected chi connectivity index (χ1v) is 9.09. The Bertz CT molecular complexity index is 826. The third-order valence-corrected chi connectivity index (χ3v) is 5.88. The SMILES string of the molecule is CN1CCC[C@@]2(CCN(C(=O)Cc3cccc4ccccc34)C2)C1=O. The zero-order chi connectivity index (χ0) is 17.4. The Morgan fingerprint density at radius 2 is 1.88 bits per heavy atom. The summed E-state index contributed by atoms with van der Waals surface area (Å²) >= 11 is 0. The molecule has 4 rings (SSSR count). The molecule has 0 radical (unpaired) electrons. The van der Waals surface area contributed by atoms with Crippen LogP contribution in [0.15, 0.2) is 42.5 Å². The van der Waals surface area contributed by atoms with Crippen molar-refractivity contribution in [1.29, 1.82) is 0 Å². The normalized spacial score (nSPS) is 23.6. The molecule has 0 aromatic heterocycles. The number of carbonyl (C=O) groups is 2. The Hall–Kier alpha value is -2.36. The lowest BCUT2D eigenvalue weighted by atomic mass is 9.78. The van der Waals surface area contributed by atoms with E-state index in [9.17, 15) is 9.59 Å². The first kappa shape index (κ1) is 16.1. The number of rotatable bonds is 2. The van der Waals surface area contributed by atoms with Gasteiger partial charge in [0.1, 0.15) is 0 Å². The molecule has 130 valence electrons. The molecule has 0 aliphatic carbocycles. The fourth-order valence-corrected chi connectivity index (χ4v) is 4.45. The summed E-state index contributed by atoms with van der Waals surface area (Å²) in [7, 11) is 1.88. The molecule has 2 saturated heterocycles. The van der Waals surface area contributed by atoms with Crippen molar-refractivity contribution < 1.29 is 9.59 Å². The van der Waals surface area contributed by atoms with Gasteiger partial charge in [0.25, 0.3) is 0 Å². The van der Waals surface area contributed by atoms with E-state index >= 15 is 0 Å². The Kier molecular flexibility index (Phi) is 3.98. The number of likely N-dealkylation sites (tertiary alicyclic amines) is 2. The van der Waals surface area contributed by atoms with E-state index in [1.165, 1.54) is 0 Å². The lowest BCUT2D eigenvalue weighted by Crippen LogP contribution is -2.48. The molecule has 4 heteroatoms. The lowest BCUT2D eigenvalue weighted by Gasteiger charge is -2.37. The van der Waals surface area contributed by atoms with Crippen LogP contribution < -0.4 is 0 Å². The van der Waals surface area contributed by atoms with Crippen molar-refractivity contribution in [1.82, 2.24) is 9.80 Å². The van der Waals surface area contributed by atoms with Gasteiger partial charge in [-0.1, -0.05) is 42.5 Å². The summed E-state index contributed by atoms with van der Waals surface area (Å²) in [6, 6.07) is 14.3. The zero-order valence-corrected chi connectivity index (χ0v) is 14.7. The number of hydrogen-bond acceptors (Lipinski definition) is 2. The molecule has 2 aromatic rings. The third-order valence-electron chi connectivity index (χ3n) is 5.88. The van der Waals surface area contributed by atoms with Crippen LogP contribution in [0.2, 0.25) is 0 Å². The van der Waals surface area contributed by atoms with Crippen molar-refractivity contribution in [3.05, 3.63) is 48.0 Å². The minimum absolute atomic E-state index is 0.134. The number of carbonyl (C=O) groups excluding carboxylic acids is 2. The first-order chi connectivity index (χ1) is 12.1. The Morgan fingerprint density at radius 3 is 2.76 bits per heavy atom. The molecule has 0 bridgehead atoms. The van der Waals surface area contributed by atoms with Gasteiger partial charge in [-0.2, -0.15) is 0 Å². The summed E-state index contributed by atoms with van der Waals surface area (Å²) < 4.78 is 0. The Balaban J connectivity index is 1.51. The molecular weight excluding hydrogens is 312 g/mol. The highest BCUT2D eigenvalue weighted by Gasteiger charge is 2.48. The van der Waals surface area contributed by atoms with Crippen molar-refractivity contribution in [3.8, 4) is 0 Å². The van der Waals surface area contributed by atoms with Crippen molar-refractivity contribution in [2.75, 3.05) is 26.7 Å². The predicted octanol–water partition coefficient (Wildman–Crippen LogP) is 2.85. The fourth-order valence-electron chi connectivity index (χ4n) is 4.45. The first-order valence-electron chi connectivity index (χ1n) is 9.09. The average Bonchev–Trinajstić information content (AvgIpc) is 3.05. The second-order valence-electron chi connectivity index (χ2n) is 7.49.